The quantitative estimate of drug-likeness (QED) is 0.396. The summed E-state index contributed by atoms with van der Waals surface area (Å²) in [5.41, 5.74) is 3.88. The number of rotatable bonds is 1. The zero-order valence-electron chi connectivity index (χ0n) is 6.97. The maximum Gasteiger partial charge on any atom is 0.197 e. The van der Waals surface area contributed by atoms with Gasteiger partial charge in [-0.1, -0.05) is 6.42 Å². The zero-order valence-corrected chi connectivity index (χ0v) is 7.78. The number of aromatic nitrogens is 1. The molecule has 1 aliphatic carbocycles. The number of thiazole rings is 1. The molecule has 4 heteroatoms. The summed E-state index contributed by atoms with van der Waals surface area (Å²) in [5, 5.41) is 0.863. The standard InChI is InChI=1S/C8H13N3S/c9-11-8-10-6-4-2-1-3-5-7(6)12-8/h1-5,9H2,(H,10,11). The summed E-state index contributed by atoms with van der Waals surface area (Å²) < 4.78 is 0. The SMILES string of the molecule is NNc1nc2c(s1)CCCCC2. The Kier molecular flexibility index (Phi) is 2.28. The summed E-state index contributed by atoms with van der Waals surface area (Å²) in [6.45, 7) is 0. The molecular weight excluding hydrogens is 170 g/mol. The van der Waals surface area contributed by atoms with Crippen LogP contribution in [-0.2, 0) is 12.8 Å². The van der Waals surface area contributed by atoms with Crippen LogP contribution in [0.5, 0.6) is 0 Å². The molecule has 1 aromatic rings. The Hall–Kier alpha value is -0.610. The van der Waals surface area contributed by atoms with E-state index in [1.54, 1.807) is 11.3 Å². The minimum atomic E-state index is 0.863. The van der Waals surface area contributed by atoms with Crippen LogP contribution in [0.2, 0.25) is 0 Å². The van der Waals surface area contributed by atoms with Gasteiger partial charge in [-0.05, 0) is 25.7 Å². The number of nitrogens with two attached hydrogens (primary N) is 1. The Balaban J connectivity index is 2.26. The van der Waals surface area contributed by atoms with Gasteiger partial charge < -0.3 is 0 Å². The zero-order chi connectivity index (χ0) is 8.39. The van der Waals surface area contributed by atoms with Crippen LogP contribution in [0.3, 0.4) is 0 Å². The van der Waals surface area contributed by atoms with Crippen molar-refractivity contribution in [3.63, 3.8) is 0 Å². The summed E-state index contributed by atoms with van der Waals surface area (Å²) >= 11 is 1.70. The number of anilines is 1. The first-order valence-corrected chi connectivity index (χ1v) is 5.17. The first-order chi connectivity index (χ1) is 5.90. The molecule has 12 heavy (non-hydrogen) atoms. The van der Waals surface area contributed by atoms with E-state index in [-0.39, 0.29) is 0 Å². The second kappa shape index (κ2) is 3.41. The topological polar surface area (TPSA) is 50.9 Å². The molecule has 0 unspecified atom stereocenters. The van der Waals surface area contributed by atoms with E-state index in [1.165, 1.54) is 36.3 Å². The number of aryl methyl sites for hydroxylation is 2. The van der Waals surface area contributed by atoms with Crippen molar-refractivity contribution >= 4 is 16.5 Å². The number of hydrogen-bond donors (Lipinski definition) is 2. The highest BCUT2D eigenvalue weighted by Gasteiger charge is 2.12. The van der Waals surface area contributed by atoms with Crippen LogP contribution >= 0.6 is 11.3 Å². The van der Waals surface area contributed by atoms with E-state index in [0.29, 0.717) is 0 Å². The van der Waals surface area contributed by atoms with E-state index in [0.717, 1.165) is 11.6 Å². The predicted octanol–water partition coefficient (Wildman–Crippen LogP) is 1.70. The van der Waals surface area contributed by atoms with Gasteiger partial charge in [0.1, 0.15) is 0 Å². The molecule has 1 aromatic heterocycles. The molecule has 0 atom stereocenters. The Labute approximate surface area is 76.0 Å². The first-order valence-electron chi connectivity index (χ1n) is 4.35. The third kappa shape index (κ3) is 1.44. The maximum absolute atomic E-state index is 5.30. The smallest absolute Gasteiger partial charge is 0.197 e. The van der Waals surface area contributed by atoms with Crippen molar-refractivity contribution < 1.29 is 0 Å². The Morgan fingerprint density at radius 1 is 1.25 bits per heavy atom. The van der Waals surface area contributed by atoms with Crippen molar-refractivity contribution in [2.45, 2.75) is 32.1 Å². The minimum Gasteiger partial charge on any atom is -0.300 e. The summed E-state index contributed by atoms with van der Waals surface area (Å²) in [6, 6.07) is 0. The highest BCUT2D eigenvalue weighted by Crippen LogP contribution is 2.28. The van der Waals surface area contributed by atoms with Gasteiger partial charge in [0.25, 0.3) is 0 Å². The van der Waals surface area contributed by atoms with Crippen LogP contribution in [0.1, 0.15) is 29.8 Å². The molecule has 1 heterocycles. The lowest BCUT2D eigenvalue weighted by Gasteiger charge is -1.91. The number of fused-ring (bicyclic) bond motifs is 1. The second-order valence-corrected chi connectivity index (χ2v) is 4.18. The minimum absolute atomic E-state index is 0.863. The van der Waals surface area contributed by atoms with Gasteiger partial charge in [-0.15, -0.1) is 11.3 Å². The van der Waals surface area contributed by atoms with E-state index < -0.39 is 0 Å². The number of hydrogen-bond acceptors (Lipinski definition) is 4. The molecule has 1 aliphatic rings. The lowest BCUT2D eigenvalue weighted by molar-refractivity contribution is 0.709. The molecule has 66 valence electrons. The number of hydrazine groups is 1. The number of nitrogens with one attached hydrogen (secondary N) is 1. The Morgan fingerprint density at radius 3 is 2.92 bits per heavy atom. The third-order valence-electron chi connectivity index (χ3n) is 2.22. The fourth-order valence-electron chi connectivity index (χ4n) is 1.59. The highest BCUT2D eigenvalue weighted by molar-refractivity contribution is 7.15. The molecule has 2 rings (SSSR count). The van der Waals surface area contributed by atoms with E-state index in [1.807, 2.05) is 0 Å². The van der Waals surface area contributed by atoms with Crippen LogP contribution in [0.25, 0.3) is 0 Å². The van der Waals surface area contributed by atoms with Gasteiger partial charge in [-0.2, -0.15) is 0 Å². The van der Waals surface area contributed by atoms with Gasteiger partial charge in [-0.3, -0.25) is 5.43 Å². The molecule has 3 nitrogen and oxygen atoms in total. The van der Waals surface area contributed by atoms with Crippen LogP contribution < -0.4 is 11.3 Å². The molecule has 0 aliphatic heterocycles. The van der Waals surface area contributed by atoms with Gasteiger partial charge in [0.15, 0.2) is 5.13 Å². The normalized spacial score (nSPS) is 16.8. The van der Waals surface area contributed by atoms with Gasteiger partial charge in [0, 0.05) is 4.88 Å². The van der Waals surface area contributed by atoms with E-state index in [9.17, 15) is 0 Å². The van der Waals surface area contributed by atoms with Gasteiger partial charge in [0.05, 0.1) is 5.69 Å². The Bertz CT molecular complexity index is 246. The molecular formula is C8H13N3S. The highest BCUT2D eigenvalue weighted by atomic mass is 32.1. The van der Waals surface area contributed by atoms with Crippen LogP contribution in [-0.4, -0.2) is 4.98 Å². The van der Waals surface area contributed by atoms with E-state index in [2.05, 4.69) is 10.4 Å². The van der Waals surface area contributed by atoms with Gasteiger partial charge in [0.2, 0.25) is 0 Å². The summed E-state index contributed by atoms with van der Waals surface area (Å²) in [7, 11) is 0. The summed E-state index contributed by atoms with van der Waals surface area (Å²) in [5.74, 6) is 5.30. The molecule has 0 saturated heterocycles. The third-order valence-corrected chi connectivity index (χ3v) is 3.31. The van der Waals surface area contributed by atoms with Gasteiger partial charge in [-0.25, -0.2) is 10.8 Å². The number of nitrogens with zero attached hydrogens (tertiary/aromatic N) is 1. The summed E-state index contributed by atoms with van der Waals surface area (Å²) in [6.07, 6.45) is 6.25. The largest absolute Gasteiger partial charge is 0.300 e. The molecule has 0 aromatic carbocycles. The summed E-state index contributed by atoms with van der Waals surface area (Å²) in [4.78, 5) is 5.84. The first kappa shape index (κ1) is 8.01. The average Bonchev–Trinajstić information content (AvgIpc) is 2.37. The maximum atomic E-state index is 5.30. The van der Waals surface area contributed by atoms with Crippen molar-refractivity contribution in [1.29, 1.82) is 0 Å². The van der Waals surface area contributed by atoms with Crippen molar-refractivity contribution in [2.24, 2.45) is 5.84 Å². The molecule has 0 spiro atoms. The molecule has 0 saturated carbocycles. The molecule has 0 fully saturated rings. The average molecular weight is 183 g/mol. The molecule has 0 bridgehead atoms. The fourth-order valence-corrected chi connectivity index (χ4v) is 2.55. The van der Waals surface area contributed by atoms with Crippen LogP contribution in [0, 0.1) is 0 Å². The second-order valence-electron chi connectivity index (χ2n) is 3.09. The predicted molar refractivity (Wildman–Crippen MR) is 51.2 cm³/mol. The van der Waals surface area contributed by atoms with Crippen molar-refractivity contribution in [3.05, 3.63) is 10.6 Å². The van der Waals surface area contributed by atoms with Crippen LogP contribution in [0.4, 0.5) is 5.13 Å². The number of nitrogen functional groups attached to an aromatic ring is 1. The van der Waals surface area contributed by atoms with E-state index >= 15 is 0 Å². The monoisotopic (exact) mass is 183 g/mol. The van der Waals surface area contributed by atoms with Crippen molar-refractivity contribution in [1.82, 2.24) is 4.98 Å². The lowest BCUT2D eigenvalue weighted by Crippen LogP contribution is -2.06. The van der Waals surface area contributed by atoms with Crippen LogP contribution in [0.15, 0.2) is 0 Å². The molecule has 3 N–H and O–H groups in total. The van der Waals surface area contributed by atoms with Crippen molar-refractivity contribution in [2.75, 3.05) is 5.43 Å². The Morgan fingerprint density at radius 2 is 2.08 bits per heavy atom. The molecule has 0 radical (unpaired) electrons. The molecule has 0 amide bonds. The lowest BCUT2D eigenvalue weighted by atomic mass is 10.2. The van der Waals surface area contributed by atoms with Crippen molar-refractivity contribution in [3.8, 4) is 0 Å². The van der Waals surface area contributed by atoms with Gasteiger partial charge >= 0.3 is 0 Å². The van der Waals surface area contributed by atoms with E-state index in [4.69, 9.17) is 5.84 Å². The fraction of sp³-hybridized carbons (Fsp3) is 0.625.